The molecular formula is C11H10O3. The molecule has 14 heavy (non-hydrogen) atoms. The first-order valence-corrected chi connectivity index (χ1v) is 5.18. The first-order valence-electron chi connectivity index (χ1n) is 5.18. The number of fused-ring (bicyclic) bond motifs is 6. The van der Waals surface area contributed by atoms with Crippen LogP contribution in [0.2, 0.25) is 0 Å². The van der Waals surface area contributed by atoms with Crippen LogP contribution in [0.15, 0.2) is 12.2 Å². The Kier molecular flexibility index (Phi) is 1.05. The van der Waals surface area contributed by atoms with Crippen LogP contribution in [0.3, 0.4) is 0 Å². The van der Waals surface area contributed by atoms with Crippen molar-refractivity contribution in [2.24, 2.45) is 23.7 Å². The maximum absolute atomic E-state index is 11.9. The summed E-state index contributed by atoms with van der Waals surface area (Å²) in [6.45, 7) is 0. The molecule has 72 valence electrons. The van der Waals surface area contributed by atoms with Crippen molar-refractivity contribution in [2.45, 2.75) is 18.6 Å². The highest BCUT2D eigenvalue weighted by atomic mass is 16.6. The molecule has 0 spiro atoms. The highest BCUT2D eigenvalue weighted by Crippen LogP contribution is 2.54. The Balaban J connectivity index is 1.84. The zero-order chi connectivity index (χ0) is 9.45. The molecule has 0 aromatic rings. The maximum Gasteiger partial charge on any atom is 0.169 e. The molecule has 2 bridgehead atoms. The minimum atomic E-state index is -0.364. The molecule has 3 aliphatic carbocycles. The van der Waals surface area contributed by atoms with Crippen LogP contribution in [0.5, 0.6) is 0 Å². The molecule has 0 N–H and O–H groups in total. The molecule has 0 unspecified atom stereocenters. The van der Waals surface area contributed by atoms with E-state index in [2.05, 4.69) is 12.2 Å². The third-order valence-electron chi connectivity index (χ3n) is 4.17. The van der Waals surface area contributed by atoms with Crippen molar-refractivity contribution < 1.29 is 14.3 Å². The highest BCUT2D eigenvalue weighted by molar-refractivity contribution is 6.06. The number of hydrogen-bond acceptors (Lipinski definition) is 3. The van der Waals surface area contributed by atoms with Crippen LogP contribution < -0.4 is 0 Å². The molecular weight excluding hydrogens is 180 g/mol. The number of ether oxygens (including phenoxy) is 1. The molecule has 1 heterocycles. The minimum absolute atomic E-state index is 0.0405. The van der Waals surface area contributed by atoms with Crippen LogP contribution in [0.25, 0.3) is 0 Å². The van der Waals surface area contributed by atoms with Crippen LogP contribution >= 0.6 is 0 Å². The summed E-state index contributed by atoms with van der Waals surface area (Å²) in [7, 11) is 0. The number of epoxide rings is 1. The Bertz CT molecular complexity index is 350. The van der Waals surface area contributed by atoms with Gasteiger partial charge in [0.05, 0.1) is 0 Å². The number of ketones is 2. The van der Waals surface area contributed by atoms with Crippen molar-refractivity contribution in [2.75, 3.05) is 0 Å². The van der Waals surface area contributed by atoms with Gasteiger partial charge >= 0.3 is 0 Å². The van der Waals surface area contributed by atoms with Crippen molar-refractivity contribution in [3.8, 4) is 0 Å². The number of carbonyl (C=O) groups is 2. The van der Waals surface area contributed by atoms with Gasteiger partial charge in [0.25, 0.3) is 0 Å². The lowest BCUT2D eigenvalue weighted by atomic mass is 9.72. The van der Waals surface area contributed by atoms with Crippen molar-refractivity contribution in [3.63, 3.8) is 0 Å². The van der Waals surface area contributed by atoms with E-state index in [0.717, 1.165) is 6.42 Å². The lowest BCUT2D eigenvalue weighted by molar-refractivity contribution is -0.135. The maximum atomic E-state index is 11.9. The predicted molar refractivity (Wildman–Crippen MR) is 46.4 cm³/mol. The molecule has 1 aliphatic heterocycles. The average Bonchev–Trinajstić information content (AvgIpc) is 2.74. The normalized spacial score (nSPS) is 57.4. The Labute approximate surface area is 81.1 Å². The Hall–Kier alpha value is -0.960. The molecule has 4 aliphatic rings. The van der Waals surface area contributed by atoms with Crippen molar-refractivity contribution in [3.05, 3.63) is 12.2 Å². The SMILES string of the molecule is O=C1[C@H]2[C@H](C(=O)[C@H]3O[C@H]13)[C@H]1C=C[C@H]2C1. The predicted octanol–water partition coefficient (Wildman–Crippen LogP) is 0.344. The molecule has 6 atom stereocenters. The number of rotatable bonds is 0. The van der Waals surface area contributed by atoms with Gasteiger partial charge in [0.1, 0.15) is 0 Å². The lowest BCUT2D eigenvalue weighted by Gasteiger charge is -2.27. The first-order chi connectivity index (χ1) is 6.77. The van der Waals surface area contributed by atoms with Gasteiger partial charge in [0, 0.05) is 11.8 Å². The topological polar surface area (TPSA) is 46.7 Å². The summed E-state index contributed by atoms with van der Waals surface area (Å²) in [6.07, 6.45) is 4.50. The third kappa shape index (κ3) is 0.630. The quantitative estimate of drug-likeness (QED) is 0.409. The zero-order valence-electron chi connectivity index (χ0n) is 7.55. The molecule has 3 fully saturated rings. The van der Waals surface area contributed by atoms with E-state index in [1.54, 1.807) is 0 Å². The number of Topliss-reactive ketones (excluding diaryl/α,β-unsaturated/α-hetero) is 2. The van der Waals surface area contributed by atoms with Crippen LogP contribution in [0, 0.1) is 23.7 Å². The minimum Gasteiger partial charge on any atom is -0.353 e. The molecule has 3 nitrogen and oxygen atoms in total. The van der Waals surface area contributed by atoms with Crippen LogP contribution in [-0.4, -0.2) is 23.8 Å². The van der Waals surface area contributed by atoms with Crippen molar-refractivity contribution >= 4 is 11.6 Å². The molecule has 1 saturated heterocycles. The summed E-state index contributed by atoms with van der Waals surface area (Å²) >= 11 is 0. The average molecular weight is 190 g/mol. The Morgan fingerprint density at radius 3 is 2.00 bits per heavy atom. The van der Waals surface area contributed by atoms with Crippen LogP contribution in [0.4, 0.5) is 0 Å². The first kappa shape index (κ1) is 7.35. The monoisotopic (exact) mass is 190 g/mol. The largest absolute Gasteiger partial charge is 0.353 e. The Morgan fingerprint density at radius 1 is 1.00 bits per heavy atom. The van der Waals surface area contributed by atoms with Gasteiger partial charge in [0.15, 0.2) is 23.8 Å². The fraction of sp³-hybridized carbons (Fsp3) is 0.636. The molecule has 0 amide bonds. The zero-order valence-corrected chi connectivity index (χ0v) is 7.55. The van der Waals surface area contributed by atoms with Gasteiger partial charge in [-0.1, -0.05) is 12.2 Å². The van der Waals surface area contributed by atoms with Gasteiger partial charge < -0.3 is 4.74 Å². The molecule has 0 aromatic heterocycles. The van der Waals surface area contributed by atoms with Gasteiger partial charge in [0.2, 0.25) is 0 Å². The van der Waals surface area contributed by atoms with E-state index in [9.17, 15) is 9.59 Å². The smallest absolute Gasteiger partial charge is 0.169 e. The standard InChI is InChI=1S/C11H10O3/c12-8-6-4-1-2-5(3-4)7(6)9(13)11-10(8)14-11/h1-2,4-7,10-11H,3H2/t4-,5-,6+,7+,10+,11+/m0/s1. The summed E-state index contributed by atoms with van der Waals surface area (Å²) in [5.74, 6) is 0.952. The van der Waals surface area contributed by atoms with E-state index in [4.69, 9.17) is 4.74 Å². The number of hydrogen-bond donors (Lipinski definition) is 0. The summed E-state index contributed by atoms with van der Waals surface area (Å²) in [4.78, 5) is 23.7. The van der Waals surface area contributed by atoms with Crippen molar-refractivity contribution in [1.29, 1.82) is 0 Å². The fourth-order valence-electron chi connectivity index (χ4n) is 3.52. The second-order valence-electron chi connectivity index (χ2n) is 4.78. The van der Waals surface area contributed by atoms with Crippen molar-refractivity contribution in [1.82, 2.24) is 0 Å². The van der Waals surface area contributed by atoms with Gasteiger partial charge in [-0.3, -0.25) is 9.59 Å². The lowest BCUT2D eigenvalue weighted by Crippen LogP contribution is -2.43. The van der Waals surface area contributed by atoms with Gasteiger partial charge in [-0.15, -0.1) is 0 Å². The van der Waals surface area contributed by atoms with E-state index in [-0.39, 0.29) is 35.6 Å². The molecule has 3 heteroatoms. The van der Waals surface area contributed by atoms with E-state index >= 15 is 0 Å². The molecule has 0 aromatic carbocycles. The fourth-order valence-corrected chi connectivity index (χ4v) is 3.52. The molecule has 2 saturated carbocycles. The van der Waals surface area contributed by atoms with E-state index in [1.165, 1.54) is 0 Å². The highest BCUT2D eigenvalue weighted by Gasteiger charge is 2.66. The summed E-state index contributed by atoms with van der Waals surface area (Å²) in [6, 6.07) is 0. The van der Waals surface area contributed by atoms with Gasteiger partial charge in [-0.25, -0.2) is 0 Å². The van der Waals surface area contributed by atoms with Crippen LogP contribution in [-0.2, 0) is 14.3 Å². The second-order valence-corrected chi connectivity index (χ2v) is 4.78. The summed E-state index contributed by atoms with van der Waals surface area (Å²) < 4.78 is 5.14. The second kappa shape index (κ2) is 2.01. The van der Waals surface area contributed by atoms with E-state index in [0.29, 0.717) is 11.8 Å². The molecule has 0 radical (unpaired) electrons. The number of allylic oxidation sites excluding steroid dienone is 2. The van der Waals surface area contributed by atoms with Gasteiger partial charge in [-0.2, -0.15) is 0 Å². The summed E-state index contributed by atoms with van der Waals surface area (Å²) in [5.41, 5.74) is 0. The van der Waals surface area contributed by atoms with Gasteiger partial charge in [-0.05, 0) is 18.3 Å². The Morgan fingerprint density at radius 2 is 1.50 bits per heavy atom. The molecule has 4 rings (SSSR count). The number of carbonyl (C=O) groups excluding carboxylic acids is 2. The van der Waals surface area contributed by atoms with E-state index in [1.807, 2.05) is 0 Å². The van der Waals surface area contributed by atoms with Crippen LogP contribution in [0.1, 0.15) is 6.42 Å². The third-order valence-corrected chi connectivity index (χ3v) is 4.17. The summed E-state index contributed by atoms with van der Waals surface area (Å²) in [5, 5.41) is 0. The van der Waals surface area contributed by atoms with E-state index < -0.39 is 0 Å².